The van der Waals surface area contributed by atoms with Crippen LogP contribution < -0.4 is 9.62 Å². The van der Waals surface area contributed by atoms with Crippen LogP contribution in [0.25, 0.3) is 0 Å². The first kappa shape index (κ1) is 29.6. The van der Waals surface area contributed by atoms with Crippen LogP contribution in [0, 0.1) is 5.82 Å². The van der Waals surface area contributed by atoms with Gasteiger partial charge < -0.3 is 10.2 Å². The van der Waals surface area contributed by atoms with Gasteiger partial charge in [-0.3, -0.25) is 13.9 Å². The molecule has 2 aromatic carbocycles. The molecule has 1 aliphatic carbocycles. The van der Waals surface area contributed by atoms with E-state index in [9.17, 15) is 22.4 Å². The number of carbonyl (C=O) groups excluding carboxylic acids is 2. The van der Waals surface area contributed by atoms with Crippen LogP contribution in [-0.2, 0) is 31.6 Å². The van der Waals surface area contributed by atoms with Crippen molar-refractivity contribution in [3.8, 4) is 0 Å². The standard InChI is InChI=1S/C29H40FN3O4S/c1-6-26(28(35)31-24-9-7-8-10-24)32(19-21-11-15-23(30)16-12-21)27(34)20-33(38(5,36)37)25-17-13-22(14-18-25)29(2,3)4/h11-18,24,26H,6-10,19-20H2,1-5H3,(H,31,35)/t26-/m0/s1. The molecule has 2 aromatic rings. The van der Waals surface area contributed by atoms with E-state index >= 15 is 0 Å². The minimum atomic E-state index is -3.81. The van der Waals surface area contributed by atoms with Gasteiger partial charge in [-0.05, 0) is 60.1 Å². The normalized spacial score (nSPS) is 15.2. The van der Waals surface area contributed by atoms with Crippen molar-refractivity contribution in [2.24, 2.45) is 0 Å². The van der Waals surface area contributed by atoms with Crippen LogP contribution in [0.5, 0.6) is 0 Å². The van der Waals surface area contributed by atoms with E-state index in [0.29, 0.717) is 17.7 Å². The van der Waals surface area contributed by atoms with Crippen LogP contribution in [0.4, 0.5) is 10.1 Å². The van der Waals surface area contributed by atoms with Gasteiger partial charge in [0.2, 0.25) is 21.8 Å². The van der Waals surface area contributed by atoms with E-state index < -0.39 is 34.3 Å². The van der Waals surface area contributed by atoms with Crippen molar-refractivity contribution in [3.63, 3.8) is 0 Å². The van der Waals surface area contributed by atoms with Gasteiger partial charge in [-0.2, -0.15) is 0 Å². The second-order valence-corrected chi connectivity index (χ2v) is 13.0. The molecule has 0 aromatic heterocycles. The van der Waals surface area contributed by atoms with Gasteiger partial charge in [0.1, 0.15) is 18.4 Å². The number of halogens is 1. The van der Waals surface area contributed by atoms with E-state index in [2.05, 4.69) is 26.1 Å². The predicted octanol–water partition coefficient (Wildman–Crippen LogP) is 4.76. The molecule has 38 heavy (non-hydrogen) atoms. The highest BCUT2D eigenvalue weighted by Crippen LogP contribution is 2.26. The number of benzene rings is 2. The highest BCUT2D eigenvalue weighted by Gasteiger charge is 2.33. The Kier molecular flexibility index (Phi) is 9.57. The number of carbonyl (C=O) groups is 2. The van der Waals surface area contributed by atoms with Crippen molar-refractivity contribution in [1.82, 2.24) is 10.2 Å². The molecule has 0 spiro atoms. The average molecular weight is 546 g/mol. The number of nitrogens with one attached hydrogen (secondary N) is 1. The van der Waals surface area contributed by atoms with Gasteiger partial charge in [0.05, 0.1) is 11.9 Å². The average Bonchev–Trinajstić information content (AvgIpc) is 3.35. The highest BCUT2D eigenvalue weighted by atomic mass is 32.2. The monoisotopic (exact) mass is 545 g/mol. The lowest BCUT2D eigenvalue weighted by Gasteiger charge is -2.33. The summed E-state index contributed by atoms with van der Waals surface area (Å²) in [5.74, 6) is -1.16. The van der Waals surface area contributed by atoms with Crippen molar-refractivity contribution in [1.29, 1.82) is 0 Å². The van der Waals surface area contributed by atoms with E-state index in [4.69, 9.17) is 0 Å². The Bertz CT molecular complexity index is 1200. The predicted molar refractivity (Wildman–Crippen MR) is 149 cm³/mol. The molecule has 1 N–H and O–H groups in total. The molecule has 3 rings (SSSR count). The molecule has 1 atom stereocenters. The number of anilines is 1. The first-order chi connectivity index (χ1) is 17.8. The molecule has 1 saturated carbocycles. The van der Waals surface area contributed by atoms with E-state index in [-0.39, 0.29) is 23.9 Å². The van der Waals surface area contributed by atoms with Crippen LogP contribution in [0.1, 0.15) is 70.9 Å². The molecule has 0 saturated heterocycles. The summed E-state index contributed by atoms with van der Waals surface area (Å²) in [6.07, 6.45) is 5.33. The topological polar surface area (TPSA) is 86.8 Å². The zero-order valence-electron chi connectivity index (χ0n) is 23.0. The summed E-state index contributed by atoms with van der Waals surface area (Å²) in [7, 11) is -3.81. The molecule has 0 unspecified atom stereocenters. The smallest absolute Gasteiger partial charge is 0.244 e. The summed E-state index contributed by atoms with van der Waals surface area (Å²) in [4.78, 5) is 28.5. The van der Waals surface area contributed by atoms with Crippen LogP contribution >= 0.6 is 0 Å². The van der Waals surface area contributed by atoms with Gasteiger partial charge in [-0.25, -0.2) is 12.8 Å². The quantitative estimate of drug-likeness (QED) is 0.467. The van der Waals surface area contributed by atoms with E-state index in [1.165, 1.54) is 17.0 Å². The highest BCUT2D eigenvalue weighted by molar-refractivity contribution is 7.92. The zero-order valence-corrected chi connectivity index (χ0v) is 23.9. The van der Waals surface area contributed by atoms with Gasteiger partial charge in [-0.1, -0.05) is 64.8 Å². The Morgan fingerprint density at radius 2 is 1.61 bits per heavy atom. The second-order valence-electron chi connectivity index (χ2n) is 11.1. The van der Waals surface area contributed by atoms with Crippen molar-refractivity contribution in [2.75, 3.05) is 17.1 Å². The largest absolute Gasteiger partial charge is 0.352 e. The van der Waals surface area contributed by atoms with E-state index in [0.717, 1.165) is 41.8 Å². The molecule has 1 fully saturated rings. The Labute approximate surface area is 226 Å². The molecule has 0 bridgehead atoms. The van der Waals surface area contributed by atoms with E-state index in [1.807, 2.05) is 19.1 Å². The van der Waals surface area contributed by atoms with Gasteiger partial charge in [0.15, 0.2) is 0 Å². The molecule has 2 amide bonds. The minimum absolute atomic E-state index is 0.0519. The van der Waals surface area contributed by atoms with Gasteiger partial charge in [0, 0.05) is 12.6 Å². The fourth-order valence-corrected chi connectivity index (χ4v) is 5.66. The molecule has 7 nitrogen and oxygen atoms in total. The van der Waals surface area contributed by atoms with Crippen LogP contribution in [0.2, 0.25) is 0 Å². The Balaban J connectivity index is 1.91. The lowest BCUT2D eigenvalue weighted by atomic mass is 9.87. The Morgan fingerprint density at radius 1 is 1.03 bits per heavy atom. The fourth-order valence-electron chi connectivity index (χ4n) is 4.81. The number of amides is 2. The third kappa shape index (κ3) is 7.79. The molecular weight excluding hydrogens is 505 g/mol. The van der Waals surface area contributed by atoms with Gasteiger partial charge in [-0.15, -0.1) is 0 Å². The molecule has 9 heteroatoms. The van der Waals surface area contributed by atoms with Crippen molar-refractivity contribution < 1.29 is 22.4 Å². The maximum absolute atomic E-state index is 13.8. The number of nitrogens with zero attached hydrogens (tertiary/aromatic N) is 2. The molecular formula is C29H40FN3O4S. The fraction of sp³-hybridized carbons (Fsp3) is 0.517. The van der Waals surface area contributed by atoms with Crippen LogP contribution in [0.3, 0.4) is 0 Å². The maximum atomic E-state index is 13.8. The number of hydrogen-bond donors (Lipinski definition) is 1. The van der Waals surface area contributed by atoms with Gasteiger partial charge in [0.25, 0.3) is 0 Å². The number of rotatable bonds is 10. The SMILES string of the molecule is CC[C@@H](C(=O)NC1CCCC1)N(Cc1ccc(F)cc1)C(=O)CN(c1ccc(C(C)(C)C)cc1)S(C)(=O)=O. The lowest BCUT2D eigenvalue weighted by molar-refractivity contribution is -0.140. The van der Waals surface area contributed by atoms with Crippen molar-refractivity contribution in [3.05, 3.63) is 65.5 Å². The zero-order chi connectivity index (χ0) is 28.1. The second kappa shape index (κ2) is 12.3. The molecule has 1 aliphatic rings. The lowest BCUT2D eigenvalue weighted by Crippen LogP contribution is -2.53. The summed E-state index contributed by atoms with van der Waals surface area (Å²) < 4.78 is 40.2. The third-order valence-corrected chi connectivity index (χ3v) is 8.19. The van der Waals surface area contributed by atoms with Crippen LogP contribution in [-0.4, -0.2) is 50.0 Å². The molecule has 208 valence electrons. The third-order valence-electron chi connectivity index (χ3n) is 7.05. The first-order valence-electron chi connectivity index (χ1n) is 13.2. The maximum Gasteiger partial charge on any atom is 0.244 e. The van der Waals surface area contributed by atoms with Gasteiger partial charge >= 0.3 is 0 Å². The molecule has 0 radical (unpaired) electrons. The summed E-state index contributed by atoms with van der Waals surface area (Å²) in [5.41, 5.74) is 1.94. The minimum Gasteiger partial charge on any atom is -0.352 e. The number of hydrogen-bond acceptors (Lipinski definition) is 4. The summed E-state index contributed by atoms with van der Waals surface area (Å²) >= 11 is 0. The molecule has 0 aliphatic heterocycles. The molecule has 0 heterocycles. The van der Waals surface area contributed by atoms with Crippen molar-refractivity contribution in [2.45, 2.75) is 83.8 Å². The Hall–Kier alpha value is -2.94. The first-order valence-corrected chi connectivity index (χ1v) is 15.1. The summed E-state index contributed by atoms with van der Waals surface area (Å²) in [5, 5.41) is 3.07. The van der Waals surface area contributed by atoms with Crippen LogP contribution in [0.15, 0.2) is 48.5 Å². The van der Waals surface area contributed by atoms with E-state index in [1.54, 1.807) is 24.3 Å². The Morgan fingerprint density at radius 3 is 2.11 bits per heavy atom. The summed E-state index contributed by atoms with van der Waals surface area (Å²) in [6.45, 7) is 7.61. The number of sulfonamides is 1. The van der Waals surface area contributed by atoms with Crippen molar-refractivity contribution >= 4 is 27.5 Å². The summed E-state index contributed by atoms with van der Waals surface area (Å²) in [6, 6.07) is 12.1.